The molecule has 1 atom stereocenters. The van der Waals surface area contributed by atoms with Gasteiger partial charge in [-0.3, -0.25) is 4.98 Å². The molecule has 1 unspecified atom stereocenters. The number of aryl methyl sites for hydroxylation is 1. The molecule has 7 nitrogen and oxygen atoms in total. The topological polar surface area (TPSA) is 100 Å². The largest absolute Gasteiger partial charge is 0.383 e. The van der Waals surface area contributed by atoms with Gasteiger partial charge in [-0.1, -0.05) is 0 Å². The van der Waals surface area contributed by atoms with Crippen LogP contribution in [0.25, 0.3) is 0 Å². The van der Waals surface area contributed by atoms with Crippen LogP contribution in [0, 0.1) is 12.8 Å². The zero-order valence-electron chi connectivity index (χ0n) is 12.6. The van der Waals surface area contributed by atoms with Crippen molar-refractivity contribution in [3.63, 3.8) is 0 Å². The standard InChI is InChI=1S/C14H22N4O3S/c1-11-8-15-4-2-13(11)16-5-6-17-14(19)18-9-12-3-7-22(20,21)10-12/h2,4,8,12H,3,5-7,9-10H2,1H3,(H,15,16)(H2,17,18,19). The number of nitrogens with zero attached hydrogens (tertiary/aromatic N) is 1. The Morgan fingerprint density at radius 1 is 1.36 bits per heavy atom. The molecule has 1 aromatic heterocycles. The van der Waals surface area contributed by atoms with Crippen molar-refractivity contribution in [3.8, 4) is 0 Å². The normalized spacial score (nSPS) is 19.6. The monoisotopic (exact) mass is 326 g/mol. The number of pyridine rings is 1. The van der Waals surface area contributed by atoms with Gasteiger partial charge in [0.1, 0.15) is 0 Å². The minimum Gasteiger partial charge on any atom is -0.383 e. The third-order valence-electron chi connectivity index (χ3n) is 3.62. The van der Waals surface area contributed by atoms with Gasteiger partial charge >= 0.3 is 6.03 Å². The van der Waals surface area contributed by atoms with E-state index in [1.807, 2.05) is 13.0 Å². The molecule has 1 aromatic rings. The number of anilines is 1. The second-order valence-corrected chi connectivity index (χ2v) is 7.75. The SMILES string of the molecule is Cc1cnccc1NCCNC(=O)NCC1CCS(=O)(=O)C1. The Bertz CT molecular complexity index is 618. The molecule has 0 aromatic carbocycles. The molecular weight excluding hydrogens is 304 g/mol. The van der Waals surface area contributed by atoms with Crippen molar-refractivity contribution in [2.75, 3.05) is 36.5 Å². The van der Waals surface area contributed by atoms with E-state index in [2.05, 4.69) is 20.9 Å². The Morgan fingerprint density at radius 3 is 2.86 bits per heavy atom. The van der Waals surface area contributed by atoms with E-state index in [1.54, 1.807) is 12.4 Å². The van der Waals surface area contributed by atoms with Gasteiger partial charge in [0.2, 0.25) is 0 Å². The Morgan fingerprint density at radius 2 is 2.18 bits per heavy atom. The molecule has 3 N–H and O–H groups in total. The van der Waals surface area contributed by atoms with Gasteiger partial charge < -0.3 is 16.0 Å². The minimum absolute atomic E-state index is 0.0355. The summed E-state index contributed by atoms with van der Waals surface area (Å²) in [5.74, 6) is 0.445. The van der Waals surface area contributed by atoms with Gasteiger partial charge in [-0.05, 0) is 30.9 Å². The fourth-order valence-corrected chi connectivity index (χ4v) is 4.24. The van der Waals surface area contributed by atoms with Gasteiger partial charge in [0.25, 0.3) is 0 Å². The summed E-state index contributed by atoms with van der Waals surface area (Å²) in [6.45, 7) is 3.46. The van der Waals surface area contributed by atoms with Crippen LogP contribution in [0.15, 0.2) is 18.5 Å². The van der Waals surface area contributed by atoms with E-state index >= 15 is 0 Å². The number of aromatic nitrogens is 1. The molecule has 1 aliphatic rings. The summed E-state index contributed by atoms with van der Waals surface area (Å²) in [7, 11) is -2.89. The highest BCUT2D eigenvalue weighted by atomic mass is 32.2. The van der Waals surface area contributed by atoms with Crippen LogP contribution < -0.4 is 16.0 Å². The van der Waals surface area contributed by atoms with Crippen molar-refractivity contribution in [3.05, 3.63) is 24.0 Å². The van der Waals surface area contributed by atoms with Crippen LogP contribution in [0.4, 0.5) is 10.5 Å². The summed E-state index contributed by atoms with van der Waals surface area (Å²) < 4.78 is 22.6. The second kappa shape index (κ2) is 7.44. The zero-order chi connectivity index (χ0) is 16.0. The smallest absolute Gasteiger partial charge is 0.314 e. The van der Waals surface area contributed by atoms with Gasteiger partial charge in [-0.15, -0.1) is 0 Å². The fourth-order valence-electron chi connectivity index (χ4n) is 2.38. The molecule has 0 spiro atoms. The second-order valence-electron chi connectivity index (χ2n) is 5.52. The number of rotatable bonds is 6. The van der Waals surface area contributed by atoms with Crippen molar-refractivity contribution < 1.29 is 13.2 Å². The quantitative estimate of drug-likeness (QED) is 0.662. The first-order chi connectivity index (χ1) is 10.5. The van der Waals surface area contributed by atoms with Crippen LogP contribution in [-0.2, 0) is 9.84 Å². The molecule has 8 heteroatoms. The Hall–Kier alpha value is -1.83. The van der Waals surface area contributed by atoms with E-state index in [9.17, 15) is 13.2 Å². The van der Waals surface area contributed by atoms with Crippen LogP contribution in [0.1, 0.15) is 12.0 Å². The summed E-state index contributed by atoms with van der Waals surface area (Å²) in [5, 5.41) is 8.67. The average molecular weight is 326 g/mol. The first kappa shape index (κ1) is 16.5. The maximum absolute atomic E-state index is 11.6. The molecule has 0 saturated carbocycles. The van der Waals surface area contributed by atoms with Gasteiger partial charge in [-0.2, -0.15) is 0 Å². The predicted octanol–water partition coefficient (Wildman–Crippen LogP) is 0.536. The predicted molar refractivity (Wildman–Crippen MR) is 85.6 cm³/mol. The Balaban J connectivity index is 1.59. The molecule has 2 heterocycles. The maximum Gasteiger partial charge on any atom is 0.314 e. The average Bonchev–Trinajstić information content (AvgIpc) is 2.82. The molecule has 0 radical (unpaired) electrons. The van der Waals surface area contributed by atoms with Crippen LogP contribution in [0.2, 0.25) is 0 Å². The van der Waals surface area contributed by atoms with E-state index in [0.29, 0.717) is 26.1 Å². The van der Waals surface area contributed by atoms with Crippen LogP contribution in [0.3, 0.4) is 0 Å². The number of hydrogen-bond donors (Lipinski definition) is 3. The van der Waals surface area contributed by atoms with Gasteiger partial charge in [-0.25, -0.2) is 13.2 Å². The highest BCUT2D eigenvalue weighted by Crippen LogP contribution is 2.17. The third kappa shape index (κ3) is 5.18. The van der Waals surface area contributed by atoms with Crippen LogP contribution >= 0.6 is 0 Å². The number of carbonyl (C=O) groups is 1. The number of urea groups is 1. The van der Waals surface area contributed by atoms with Crippen molar-refractivity contribution in [1.82, 2.24) is 15.6 Å². The fraction of sp³-hybridized carbons (Fsp3) is 0.571. The third-order valence-corrected chi connectivity index (χ3v) is 5.46. The summed E-state index contributed by atoms with van der Waals surface area (Å²) >= 11 is 0. The van der Waals surface area contributed by atoms with Crippen LogP contribution in [-0.4, -0.2) is 50.6 Å². The van der Waals surface area contributed by atoms with Crippen molar-refractivity contribution in [1.29, 1.82) is 0 Å². The molecule has 2 rings (SSSR count). The highest BCUT2D eigenvalue weighted by molar-refractivity contribution is 7.91. The molecule has 0 bridgehead atoms. The Labute approximate surface area is 130 Å². The van der Waals surface area contributed by atoms with Gasteiger partial charge in [0.15, 0.2) is 9.84 Å². The highest BCUT2D eigenvalue weighted by Gasteiger charge is 2.27. The number of amides is 2. The first-order valence-electron chi connectivity index (χ1n) is 7.33. The molecule has 1 saturated heterocycles. The number of nitrogens with one attached hydrogen (secondary N) is 3. The van der Waals surface area contributed by atoms with E-state index < -0.39 is 9.84 Å². The molecule has 2 amide bonds. The molecule has 1 aliphatic heterocycles. The van der Waals surface area contributed by atoms with E-state index in [4.69, 9.17) is 0 Å². The lowest BCUT2D eigenvalue weighted by Gasteiger charge is -2.12. The molecule has 1 fully saturated rings. The number of sulfone groups is 1. The molecule has 122 valence electrons. The number of hydrogen-bond acceptors (Lipinski definition) is 5. The van der Waals surface area contributed by atoms with E-state index in [-0.39, 0.29) is 23.5 Å². The molecule has 0 aliphatic carbocycles. The summed E-state index contributed by atoms with van der Waals surface area (Å²) in [4.78, 5) is 15.6. The minimum atomic E-state index is -2.89. The maximum atomic E-state index is 11.6. The van der Waals surface area contributed by atoms with Crippen molar-refractivity contribution >= 4 is 21.6 Å². The molecule has 22 heavy (non-hydrogen) atoms. The summed E-state index contributed by atoms with van der Waals surface area (Å²) in [6.07, 6.45) is 4.12. The lowest BCUT2D eigenvalue weighted by Crippen LogP contribution is -2.40. The summed E-state index contributed by atoms with van der Waals surface area (Å²) in [5.41, 5.74) is 2.04. The molecular formula is C14H22N4O3S. The van der Waals surface area contributed by atoms with Gasteiger partial charge in [0, 0.05) is 37.7 Å². The van der Waals surface area contributed by atoms with Gasteiger partial charge in [0.05, 0.1) is 11.5 Å². The Kier molecular flexibility index (Phi) is 5.59. The summed E-state index contributed by atoms with van der Waals surface area (Å²) in [6, 6.07) is 1.62. The zero-order valence-corrected chi connectivity index (χ0v) is 13.4. The van der Waals surface area contributed by atoms with E-state index in [1.165, 1.54) is 0 Å². The van der Waals surface area contributed by atoms with Crippen molar-refractivity contribution in [2.45, 2.75) is 13.3 Å². The lowest BCUT2D eigenvalue weighted by atomic mass is 10.1. The van der Waals surface area contributed by atoms with Crippen LogP contribution in [0.5, 0.6) is 0 Å². The first-order valence-corrected chi connectivity index (χ1v) is 9.15. The van der Waals surface area contributed by atoms with Crippen molar-refractivity contribution in [2.24, 2.45) is 5.92 Å². The lowest BCUT2D eigenvalue weighted by molar-refractivity contribution is 0.239. The van der Waals surface area contributed by atoms with E-state index in [0.717, 1.165) is 11.3 Å². The number of carbonyl (C=O) groups excluding carboxylic acids is 1.